The van der Waals surface area contributed by atoms with Crippen LogP contribution in [0.4, 0.5) is 0 Å². The molecule has 1 unspecified atom stereocenters. The van der Waals surface area contributed by atoms with E-state index in [0.717, 1.165) is 0 Å². The lowest BCUT2D eigenvalue weighted by Crippen LogP contribution is -2.55. The fourth-order valence-electron chi connectivity index (χ4n) is 1.73. The Kier molecular flexibility index (Phi) is 3.49. The molecule has 1 aliphatic rings. The summed E-state index contributed by atoms with van der Waals surface area (Å²) in [7, 11) is 0. The minimum absolute atomic E-state index is 0.0365. The fraction of sp³-hybridized carbons (Fsp3) is 0.364. The highest BCUT2D eigenvalue weighted by Crippen LogP contribution is 2.21. The van der Waals surface area contributed by atoms with Crippen LogP contribution in [0.1, 0.15) is 16.8 Å². The van der Waals surface area contributed by atoms with Crippen LogP contribution in [-0.4, -0.2) is 40.7 Å². The summed E-state index contributed by atoms with van der Waals surface area (Å²) < 4.78 is 5.04. The second kappa shape index (κ2) is 4.91. The third-order valence-electron chi connectivity index (χ3n) is 2.79. The number of nitrogens with one attached hydrogen (secondary N) is 1. The fourth-order valence-corrected chi connectivity index (χ4v) is 1.93. The molecule has 0 bridgehead atoms. The SMILES string of the molecule is O=C(NC1(C(=O)O)CCOC1)c1cccnc1Cl. The molecule has 1 aromatic heterocycles. The molecular weight excluding hydrogens is 260 g/mol. The van der Waals surface area contributed by atoms with Crippen LogP contribution in [0.3, 0.4) is 0 Å². The molecule has 1 aliphatic heterocycles. The van der Waals surface area contributed by atoms with Crippen molar-refractivity contribution >= 4 is 23.5 Å². The lowest BCUT2D eigenvalue weighted by Gasteiger charge is -2.23. The molecule has 0 saturated carbocycles. The Hall–Kier alpha value is -1.66. The Morgan fingerprint density at radius 1 is 1.56 bits per heavy atom. The summed E-state index contributed by atoms with van der Waals surface area (Å²) in [6.07, 6.45) is 1.68. The number of rotatable bonds is 3. The van der Waals surface area contributed by atoms with Gasteiger partial charge in [0.25, 0.3) is 5.91 Å². The van der Waals surface area contributed by atoms with Gasteiger partial charge in [0, 0.05) is 19.2 Å². The molecule has 1 fully saturated rings. The van der Waals surface area contributed by atoms with E-state index in [-0.39, 0.29) is 23.7 Å². The van der Waals surface area contributed by atoms with Gasteiger partial charge in [-0.2, -0.15) is 0 Å². The van der Waals surface area contributed by atoms with Gasteiger partial charge >= 0.3 is 5.97 Å². The molecule has 0 radical (unpaired) electrons. The van der Waals surface area contributed by atoms with Crippen molar-refractivity contribution in [1.29, 1.82) is 0 Å². The van der Waals surface area contributed by atoms with Crippen molar-refractivity contribution in [2.24, 2.45) is 0 Å². The molecule has 1 aromatic rings. The van der Waals surface area contributed by atoms with E-state index in [1.54, 1.807) is 6.07 Å². The molecule has 96 valence electrons. The maximum absolute atomic E-state index is 12.0. The molecule has 0 spiro atoms. The van der Waals surface area contributed by atoms with Gasteiger partial charge in [0.2, 0.25) is 0 Å². The van der Waals surface area contributed by atoms with Gasteiger partial charge in [-0.15, -0.1) is 0 Å². The number of nitrogens with zero attached hydrogens (tertiary/aromatic N) is 1. The summed E-state index contributed by atoms with van der Waals surface area (Å²) in [5.41, 5.74) is -1.23. The first kappa shape index (κ1) is 12.8. The Balaban J connectivity index is 2.21. The number of carboxylic acids is 1. The minimum Gasteiger partial charge on any atom is -0.479 e. The summed E-state index contributed by atoms with van der Waals surface area (Å²) in [5.74, 6) is -1.69. The number of halogens is 1. The highest BCUT2D eigenvalue weighted by Gasteiger charge is 2.44. The average molecular weight is 271 g/mol. The van der Waals surface area contributed by atoms with E-state index in [2.05, 4.69) is 10.3 Å². The Labute approximate surface area is 108 Å². The van der Waals surface area contributed by atoms with Gasteiger partial charge in [-0.05, 0) is 12.1 Å². The Morgan fingerprint density at radius 3 is 2.89 bits per heavy atom. The monoisotopic (exact) mass is 270 g/mol. The van der Waals surface area contributed by atoms with Crippen molar-refractivity contribution in [2.45, 2.75) is 12.0 Å². The minimum atomic E-state index is -1.38. The highest BCUT2D eigenvalue weighted by atomic mass is 35.5. The van der Waals surface area contributed by atoms with E-state index in [1.807, 2.05) is 0 Å². The smallest absolute Gasteiger partial charge is 0.331 e. The second-order valence-corrected chi connectivity index (χ2v) is 4.34. The molecule has 7 heteroatoms. The Morgan fingerprint density at radius 2 is 2.33 bits per heavy atom. The summed E-state index contributed by atoms with van der Waals surface area (Å²) in [6.45, 7) is 0.249. The number of aliphatic carboxylic acids is 1. The van der Waals surface area contributed by atoms with Crippen LogP contribution >= 0.6 is 11.6 Å². The predicted molar refractivity (Wildman–Crippen MR) is 62.5 cm³/mol. The molecule has 2 heterocycles. The molecular formula is C11H11ClN2O4. The second-order valence-electron chi connectivity index (χ2n) is 3.99. The van der Waals surface area contributed by atoms with Crippen molar-refractivity contribution in [3.8, 4) is 0 Å². The normalized spacial score (nSPS) is 22.7. The van der Waals surface area contributed by atoms with Crippen molar-refractivity contribution in [3.63, 3.8) is 0 Å². The molecule has 18 heavy (non-hydrogen) atoms. The average Bonchev–Trinajstić information content (AvgIpc) is 2.79. The van der Waals surface area contributed by atoms with Crippen LogP contribution in [0.15, 0.2) is 18.3 Å². The lowest BCUT2D eigenvalue weighted by molar-refractivity contribution is -0.144. The zero-order chi connectivity index (χ0) is 13.2. The largest absolute Gasteiger partial charge is 0.479 e. The van der Waals surface area contributed by atoms with Crippen LogP contribution in [0.2, 0.25) is 5.15 Å². The van der Waals surface area contributed by atoms with Gasteiger partial charge in [-0.3, -0.25) is 4.79 Å². The maximum atomic E-state index is 12.0. The van der Waals surface area contributed by atoms with Gasteiger partial charge in [0.05, 0.1) is 12.2 Å². The topological polar surface area (TPSA) is 88.5 Å². The van der Waals surface area contributed by atoms with E-state index in [1.165, 1.54) is 12.3 Å². The molecule has 2 N–H and O–H groups in total. The number of aromatic nitrogens is 1. The highest BCUT2D eigenvalue weighted by molar-refractivity contribution is 6.32. The van der Waals surface area contributed by atoms with E-state index >= 15 is 0 Å². The first-order valence-electron chi connectivity index (χ1n) is 5.29. The molecule has 1 amide bonds. The van der Waals surface area contributed by atoms with E-state index in [0.29, 0.717) is 6.61 Å². The molecule has 1 saturated heterocycles. The maximum Gasteiger partial charge on any atom is 0.331 e. The van der Waals surface area contributed by atoms with Gasteiger partial charge in [-0.1, -0.05) is 11.6 Å². The van der Waals surface area contributed by atoms with Crippen molar-refractivity contribution in [3.05, 3.63) is 29.0 Å². The van der Waals surface area contributed by atoms with Crippen LogP contribution in [0.5, 0.6) is 0 Å². The Bertz CT molecular complexity index is 486. The third kappa shape index (κ3) is 2.30. The number of ether oxygens (including phenoxy) is 1. The van der Waals surface area contributed by atoms with E-state index in [4.69, 9.17) is 16.3 Å². The zero-order valence-electron chi connectivity index (χ0n) is 9.35. The number of amides is 1. The molecule has 0 aromatic carbocycles. The first-order valence-corrected chi connectivity index (χ1v) is 5.67. The lowest BCUT2D eigenvalue weighted by atomic mass is 9.98. The number of carboxylic acid groups (broad SMARTS) is 1. The third-order valence-corrected chi connectivity index (χ3v) is 3.09. The molecule has 1 atom stereocenters. The zero-order valence-corrected chi connectivity index (χ0v) is 10.1. The van der Waals surface area contributed by atoms with Crippen LogP contribution < -0.4 is 5.32 Å². The van der Waals surface area contributed by atoms with Gasteiger partial charge in [0.1, 0.15) is 5.15 Å². The molecule has 0 aliphatic carbocycles. The summed E-state index contributed by atoms with van der Waals surface area (Å²) in [6, 6.07) is 3.04. The predicted octanol–water partition coefficient (Wildman–Crippen LogP) is 0.708. The quantitative estimate of drug-likeness (QED) is 0.790. The van der Waals surface area contributed by atoms with Gasteiger partial charge in [0.15, 0.2) is 5.54 Å². The van der Waals surface area contributed by atoms with Crippen molar-refractivity contribution < 1.29 is 19.4 Å². The van der Waals surface area contributed by atoms with Crippen LogP contribution in [0, 0.1) is 0 Å². The van der Waals surface area contributed by atoms with Gasteiger partial charge < -0.3 is 15.2 Å². The summed E-state index contributed by atoms with van der Waals surface area (Å²) >= 11 is 5.78. The number of hydrogen-bond donors (Lipinski definition) is 2. The van der Waals surface area contributed by atoms with Crippen LogP contribution in [-0.2, 0) is 9.53 Å². The molecule has 2 rings (SSSR count). The number of hydrogen-bond acceptors (Lipinski definition) is 4. The van der Waals surface area contributed by atoms with Crippen molar-refractivity contribution in [1.82, 2.24) is 10.3 Å². The van der Waals surface area contributed by atoms with E-state index < -0.39 is 17.4 Å². The van der Waals surface area contributed by atoms with Gasteiger partial charge in [-0.25, -0.2) is 9.78 Å². The first-order chi connectivity index (χ1) is 8.55. The summed E-state index contributed by atoms with van der Waals surface area (Å²) in [5, 5.41) is 11.7. The number of pyridine rings is 1. The molecule has 6 nitrogen and oxygen atoms in total. The van der Waals surface area contributed by atoms with E-state index in [9.17, 15) is 14.7 Å². The number of carbonyl (C=O) groups excluding carboxylic acids is 1. The van der Waals surface area contributed by atoms with Crippen LogP contribution in [0.25, 0.3) is 0 Å². The number of carbonyl (C=O) groups is 2. The summed E-state index contributed by atoms with van der Waals surface area (Å²) in [4.78, 5) is 27.0. The van der Waals surface area contributed by atoms with Crippen molar-refractivity contribution in [2.75, 3.05) is 13.2 Å². The standard InChI is InChI=1S/C11H11ClN2O4/c12-8-7(2-1-4-13-8)9(15)14-11(10(16)17)3-5-18-6-11/h1-2,4H,3,5-6H2,(H,14,15)(H,16,17).